The van der Waals surface area contributed by atoms with Gasteiger partial charge >= 0.3 is 0 Å². The lowest BCUT2D eigenvalue weighted by Crippen LogP contribution is -2.23. The number of aryl methyl sites for hydroxylation is 1. The molecule has 0 bridgehead atoms. The van der Waals surface area contributed by atoms with Crippen LogP contribution >= 0.6 is 0 Å². The van der Waals surface area contributed by atoms with E-state index in [1.54, 1.807) is 0 Å². The fourth-order valence-corrected chi connectivity index (χ4v) is 3.16. The molecular formula is C16H24N4. The summed E-state index contributed by atoms with van der Waals surface area (Å²) in [4.78, 5) is 7.38. The summed E-state index contributed by atoms with van der Waals surface area (Å²) in [5.41, 5.74) is 9.20. The largest absolute Gasteiger partial charge is 0.328 e. The number of fused-ring (bicyclic) bond motifs is 1. The van der Waals surface area contributed by atoms with Gasteiger partial charge in [0.1, 0.15) is 5.82 Å². The minimum atomic E-state index is 0.581. The Bertz CT molecular complexity index is 581. The van der Waals surface area contributed by atoms with Gasteiger partial charge in [-0.05, 0) is 50.6 Å². The van der Waals surface area contributed by atoms with Crippen LogP contribution in [0.15, 0.2) is 18.2 Å². The lowest BCUT2D eigenvalue weighted by atomic mass is 10.2. The summed E-state index contributed by atoms with van der Waals surface area (Å²) >= 11 is 0. The molecule has 1 saturated heterocycles. The van der Waals surface area contributed by atoms with Crippen LogP contribution in [-0.2, 0) is 19.5 Å². The quantitative estimate of drug-likeness (QED) is 0.907. The van der Waals surface area contributed by atoms with Crippen molar-refractivity contribution in [1.29, 1.82) is 0 Å². The zero-order valence-corrected chi connectivity index (χ0v) is 12.3. The van der Waals surface area contributed by atoms with E-state index in [9.17, 15) is 0 Å². The van der Waals surface area contributed by atoms with Crippen LogP contribution in [0.2, 0.25) is 0 Å². The summed E-state index contributed by atoms with van der Waals surface area (Å²) in [6.45, 7) is 7.39. The smallest absolute Gasteiger partial charge is 0.111 e. The van der Waals surface area contributed by atoms with E-state index in [4.69, 9.17) is 10.7 Å². The lowest BCUT2D eigenvalue weighted by molar-refractivity contribution is 0.339. The number of aromatic nitrogens is 2. The van der Waals surface area contributed by atoms with Crippen molar-refractivity contribution in [3.8, 4) is 0 Å². The molecule has 0 aliphatic carbocycles. The molecule has 4 heteroatoms. The Kier molecular flexibility index (Phi) is 4.03. The van der Waals surface area contributed by atoms with Crippen LogP contribution < -0.4 is 5.73 Å². The molecule has 1 aliphatic rings. The molecule has 0 atom stereocenters. The second-order valence-electron chi connectivity index (χ2n) is 5.60. The van der Waals surface area contributed by atoms with Crippen molar-refractivity contribution in [2.24, 2.45) is 5.73 Å². The summed E-state index contributed by atoms with van der Waals surface area (Å²) in [5.74, 6) is 1.21. The molecule has 3 rings (SSSR count). The van der Waals surface area contributed by atoms with Gasteiger partial charge in [0.25, 0.3) is 0 Å². The highest BCUT2D eigenvalue weighted by Gasteiger charge is 2.14. The Morgan fingerprint density at radius 3 is 2.75 bits per heavy atom. The molecule has 0 saturated carbocycles. The fourth-order valence-electron chi connectivity index (χ4n) is 3.16. The van der Waals surface area contributed by atoms with E-state index in [2.05, 4.69) is 34.6 Å². The van der Waals surface area contributed by atoms with E-state index in [-0.39, 0.29) is 0 Å². The Labute approximate surface area is 120 Å². The van der Waals surface area contributed by atoms with Gasteiger partial charge in [-0.2, -0.15) is 0 Å². The number of nitrogens with zero attached hydrogens (tertiary/aromatic N) is 3. The summed E-state index contributed by atoms with van der Waals surface area (Å²) in [6.07, 6.45) is 3.74. The van der Waals surface area contributed by atoms with Crippen LogP contribution in [0.3, 0.4) is 0 Å². The second kappa shape index (κ2) is 5.94. The third kappa shape index (κ3) is 2.58. The zero-order valence-electron chi connectivity index (χ0n) is 12.3. The molecule has 4 nitrogen and oxygen atoms in total. The van der Waals surface area contributed by atoms with Crippen LogP contribution in [0.25, 0.3) is 11.0 Å². The van der Waals surface area contributed by atoms with Crippen molar-refractivity contribution in [1.82, 2.24) is 14.5 Å². The first-order valence-corrected chi connectivity index (χ1v) is 7.72. The minimum absolute atomic E-state index is 0.581. The Morgan fingerprint density at radius 2 is 2.05 bits per heavy atom. The molecule has 0 amide bonds. The van der Waals surface area contributed by atoms with E-state index < -0.39 is 0 Å². The first-order chi connectivity index (χ1) is 9.81. The molecule has 2 heterocycles. The van der Waals surface area contributed by atoms with E-state index >= 15 is 0 Å². The normalized spacial score (nSPS) is 16.3. The molecule has 108 valence electrons. The van der Waals surface area contributed by atoms with Gasteiger partial charge in [0.05, 0.1) is 11.0 Å². The van der Waals surface area contributed by atoms with Gasteiger partial charge in [-0.3, -0.25) is 0 Å². The molecule has 2 aromatic rings. The van der Waals surface area contributed by atoms with Crippen LogP contribution in [0, 0.1) is 0 Å². The van der Waals surface area contributed by atoms with Crippen molar-refractivity contribution in [3.05, 3.63) is 29.6 Å². The molecule has 0 unspecified atom stereocenters. The van der Waals surface area contributed by atoms with Gasteiger partial charge in [0.2, 0.25) is 0 Å². The maximum Gasteiger partial charge on any atom is 0.111 e. The van der Waals surface area contributed by atoms with E-state index in [0.29, 0.717) is 6.54 Å². The third-order valence-electron chi connectivity index (χ3n) is 4.29. The molecule has 1 aromatic heterocycles. The van der Waals surface area contributed by atoms with Crippen molar-refractivity contribution < 1.29 is 0 Å². The average Bonchev–Trinajstić information content (AvgIpc) is 3.10. The molecule has 0 radical (unpaired) electrons. The van der Waals surface area contributed by atoms with Gasteiger partial charge in [0.15, 0.2) is 0 Å². The summed E-state index contributed by atoms with van der Waals surface area (Å²) < 4.78 is 2.34. The topological polar surface area (TPSA) is 47.1 Å². The number of rotatable bonds is 5. The molecule has 1 aliphatic heterocycles. The van der Waals surface area contributed by atoms with Gasteiger partial charge in [-0.15, -0.1) is 0 Å². The monoisotopic (exact) mass is 272 g/mol. The zero-order chi connectivity index (χ0) is 13.9. The van der Waals surface area contributed by atoms with Crippen molar-refractivity contribution >= 4 is 11.0 Å². The Hall–Kier alpha value is -1.39. The molecule has 1 aromatic carbocycles. The number of hydrogen-bond donors (Lipinski definition) is 1. The minimum Gasteiger partial charge on any atom is -0.328 e. The Balaban J connectivity index is 1.84. The molecule has 1 fully saturated rings. The van der Waals surface area contributed by atoms with Crippen molar-refractivity contribution in [2.45, 2.75) is 39.3 Å². The SMILES string of the molecule is CCn1c(CCN2CCCC2)nc2cc(CN)ccc21. The Morgan fingerprint density at radius 1 is 1.25 bits per heavy atom. The predicted octanol–water partition coefficient (Wildman–Crippen LogP) is 2.15. The van der Waals surface area contributed by atoms with Gasteiger partial charge in [0, 0.05) is 26.1 Å². The van der Waals surface area contributed by atoms with Gasteiger partial charge < -0.3 is 15.2 Å². The predicted molar refractivity (Wildman–Crippen MR) is 82.7 cm³/mol. The van der Waals surface area contributed by atoms with Crippen LogP contribution in [-0.4, -0.2) is 34.1 Å². The van der Waals surface area contributed by atoms with E-state index in [1.165, 1.54) is 37.3 Å². The van der Waals surface area contributed by atoms with Gasteiger partial charge in [-0.1, -0.05) is 6.07 Å². The summed E-state index contributed by atoms with van der Waals surface area (Å²) in [7, 11) is 0. The number of likely N-dealkylation sites (tertiary alicyclic amines) is 1. The van der Waals surface area contributed by atoms with Crippen LogP contribution in [0.5, 0.6) is 0 Å². The number of imidazole rings is 1. The number of hydrogen-bond acceptors (Lipinski definition) is 3. The van der Waals surface area contributed by atoms with E-state index in [0.717, 1.165) is 30.6 Å². The van der Waals surface area contributed by atoms with Gasteiger partial charge in [-0.25, -0.2) is 4.98 Å². The fraction of sp³-hybridized carbons (Fsp3) is 0.562. The highest BCUT2D eigenvalue weighted by molar-refractivity contribution is 5.77. The first-order valence-electron chi connectivity index (χ1n) is 7.72. The highest BCUT2D eigenvalue weighted by Crippen LogP contribution is 2.19. The number of benzene rings is 1. The number of nitrogens with two attached hydrogens (primary N) is 1. The molecule has 0 spiro atoms. The average molecular weight is 272 g/mol. The van der Waals surface area contributed by atoms with Crippen molar-refractivity contribution in [3.63, 3.8) is 0 Å². The summed E-state index contributed by atoms with van der Waals surface area (Å²) in [5, 5.41) is 0. The second-order valence-corrected chi connectivity index (χ2v) is 5.60. The van der Waals surface area contributed by atoms with Crippen molar-refractivity contribution in [2.75, 3.05) is 19.6 Å². The van der Waals surface area contributed by atoms with Crippen LogP contribution in [0.1, 0.15) is 31.2 Å². The summed E-state index contributed by atoms with van der Waals surface area (Å²) in [6, 6.07) is 6.40. The maximum absolute atomic E-state index is 5.72. The highest BCUT2D eigenvalue weighted by atomic mass is 15.1. The third-order valence-corrected chi connectivity index (χ3v) is 4.29. The molecular weight excluding hydrogens is 248 g/mol. The van der Waals surface area contributed by atoms with E-state index in [1.807, 2.05) is 0 Å². The lowest BCUT2D eigenvalue weighted by Gasteiger charge is -2.14. The first kappa shape index (κ1) is 13.6. The van der Waals surface area contributed by atoms with Crippen LogP contribution in [0.4, 0.5) is 0 Å². The standard InChI is InChI=1S/C16H24N4/c1-2-20-15-6-5-13(12-17)11-14(15)18-16(20)7-10-19-8-3-4-9-19/h5-6,11H,2-4,7-10,12,17H2,1H3. The maximum atomic E-state index is 5.72. The molecule has 2 N–H and O–H groups in total. The molecule has 20 heavy (non-hydrogen) atoms.